The van der Waals surface area contributed by atoms with Crippen molar-refractivity contribution in [3.05, 3.63) is 10.4 Å². The highest BCUT2D eigenvalue weighted by molar-refractivity contribution is 6.00. The highest BCUT2D eigenvalue weighted by Crippen LogP contribution is 2.41. The van der Waals surface area contributed by atoms with Crippen LogP contribution in [0.1, 0.15) is 74.1 Å². The number of Topliss-reactive ketones (excluding diaryl/α,β-unsaturated/α-hetero) is 2. The molecule has 1 amide bonds. The lowest BCUT2D eigenvalue weighted by atomic mass is 9.73. The van der Waals surface area contributed by atoms with E-state index in [-0.39, 0.29) is 31.7 Å². The number of esters is 1. The average molecular weight is 539 g/mol. The topological polar surface area (TPSA) is 179 Å². The zero-order chi connectivity index (χ0) is 29.0. The summed E-state index contributed by atoms with van der Waals surface area (Å²) in [4.78, 5) is 57.2. The number of rotatable bonds is 6. The Balaban J connectivity index is 2.57. The Bertz CT molecular complexity index is 965. The molecule has 0 aromatic carbocycles. The largest absolute Gasteiger partial charge is 0.458 e. The molecule has 12 heteroatoms. The quantitative estimate of drug-likeness (QED) is 0.129. The van der Waals surface area contributed by atoms with Crippen LogP contribution in [0.15, 0.2) is 5.11 Å². The lowest BCUT2D eigenvalue weighted by Crippen LogP contribution is -2.58. The number of carbonyl (C=O) groups excluding carboxylic acids is 4. The number of aliphatic hydroxyl groups is 2. The van der Waals surface area contributed by atoms with E-state index in [1.807, 2.05) is 0 Å². The van der Waals surface area contributed by atoms with E-state index in [0.29, 0.717) is 12.8 Å². The Morgan fingerprint density at radius 3 is 2.29 bits per heavy atom. The Kier molecular flexibility index (Phi) is 10.3. The molecule has 2 aliphatic heterocycles. The predicted molar refractivity (Wildman–Crippen MR) is 137 cm³/mol. The molecule has 38 heavy (non-hydrogen) atoms. The van der Waals surface area contributed by atoms with Crippen molar-refractivity contribution in [2.75, 3.05) is 13.1 Å². The fourth-order valence-electron chi connectivity index (χ4n) is 5.99. The summed E-state index contributed by atoms with van der Waals surface area (Å²) in [7, 11) is 0. The molecule has 2 heterocycles. The molecule has 9 atom stereocenters. The standard InChI is InChI=1S/C26H42N4O8/c1-8-18-26(7)21(30(24(35)38-26)12-10-9-11-28-29-27)15(3)19(31)14(2)13-25(6,36)22(33)16(4)20(32)17(5)23(34)37-18/h14-18,21-22,33,36H,8-13H2,1-7H3/t14-,15+,16+,17-,18-,21-,22-,25+,26-/m1/s1. The lowest BCUT2D eigenvalue weighted by Gasteiger charge is -2.41. The summed E-state index contributed by atoms with van der Waals surface area (Å²) in [6.45, 7) is 11.3. The molecule has 2 fully saturated rings. The maximum Gasteiger partial charge on any atom is 0.410 e. The van der Waals surface area contributed by atoms with Crippen LogP contribution in [0.5, 0.6) is 0 Å². The lowest BCUT2D eigenvalue weighted by molar-refractivity contribution is -0.173. The minimum absolute atomic E-state index is 0.130. The van der Waals surface area contributed by atoms with Crippen LogP contribution in [-0.4, -0.2) is 81.3 Å². The van der Waals surface area contributed by atoms with Crippen molar-refractivity contribution < 1.29 is 38.9 Å². The van der Waals surface area contributed by atoms with Gasteiger partial charge in [-0.25, -0.2) is 4.79 Å². The Labute approximate surface area is 223 Å². The molecular weight excluding hydrogens is 496 g/mol. The Morgan fingerprint density at radius 1 is 1.08 bits per heavy atom. The summed E-state index contributed by atoms with van der Waals surface area (Å²) in [5.74, 6) is -5.55. The van der Waals surface area contributed by atoms with Crippen LogP contribution in [0.3, 0.4) is 0 Å². The van der Waals surface area contributed by atoms with Gasteiger partial charge in [0.25, 0.3) is 0 Å². The molecule has 0 spiro atoms. The number of ketones is 2. The number of ether oxygens (including phenoxy) is 2. The van der Waals surface area contributed by atoms with Gasteiger partial charge in [-0.2, -0.15) is 0 Å². The fourth-order valence-corrected chi connectivity index (χ4v) is 5.99. The van der Waals surface area contributed by atoms with Crippen LogP contribution < -0.4 is 0 Å². The average Bonchev–Trinajstić information content (AvgIpc) is 3.12. The number of hydrogen-bond donors (Lipinski definition) is 2. The molecule has 0 bridgehead atoms. The number of carbonyl (C=O) groups is 4. The van der Waals surface area contributed by atoms with Gasteiger partial charge in [-0.15, -0.1) is 0 Å². The molecule has 0 aliphatic carbocycles. The zero-order valence-electron chi connectivity index (χ0n) is 23.4. The van der Waals surface area contributed by atoms with Crippen LogP contribution in [0.4, 0.5) is 4.79 Å². The highest BCUT2D eigenvalue weighted by atomic mass is 16.6. The van der Waals surface area contributed by atoms with Crippen molar-refractivity contribution in [2.24, 2.45) is 28.8 Å². The van der Waals surface area contributed by atoms with Crippen LogP contribution in [0.25, 0.3) is 10.4 Å². The van der Waals surface area contributed by atoms with E-state index in [2.05, 4.69) is 10.0 Å². The van der Waals surface area contributed by atoms with Gasteiger partial charge in [0.1, 0.15) is 17.8 Å². The third kappa shape index (κ3) is 6.30. The predicted octanol–water partition coefficient (Wildman–Crippen LogP) is 3.18. The number of fused-ring (bicyclic) bond motifs is 1. The number of amides is 1. The Morgan fingerprint density at radius 2 is 1.71 bits per heavy atom. The van der Waals surface area contributed by atoms with Crippen molar-refractivity contribution in [1.82, 2.24) is 4.90 Å². The normalized spacial score (nSPS) is 39.1. The van der Waals surface area contributed by atoms with E-state index in [0.717, 1.165) is 0 Å². The van der Waals surface area contributed by atoms with E-state index in [4.69, 9.17) is 15.0 Å². The molecular formula is C26H42N4O8. The van der Waals surface area contributed by atoms with Crippen LogP contribution in [0.2, 0.25) is 0 Å². The zero-order valence-corrected chi connectivity index (χ0v) is 23.4. The second-order valence-electron chi connectivity index (χ2n) is 11.2. The van der Waals surface area contributed by atoms with E-state index < -0.39 is 71.0 Å². The third-order valence-corrected chi connectivity index (χ3v) is 8.17. The minimum Gasteiger partial charge on any atom is -0.458 e. The van der Waals surface area contributed by atoms with Crippen molar-refractivity contribution in [3.8, 4) is 0 Å². The number of aliphatic hydroxyl groups excluding tert-OH is 1. The van der Waals surface area contributed by atoms with Crippen molar-refractivity contribution in [3.63, 3.8) is 0 Å². The summed E-state index contributed by atoms with van der Waals surface area (Å²) in [6, 6.07) is -0.815. The smallest absolute Gasteiger partial charge is 0.410 e. The van der Waals surface area contributed by atoms with E-state index in [9.17, 15) is 29.4 Å². The van der Waals surface area contributed by atoms with Gasteiger partial charge in [-0.05, 0) is 52.0 Å². The van der Waals surface area contributed by atoms with Crippen LogP contribution in [-0.2, 0) is 23.9 Å². The second kappa shape index (κ2) is 12.4. The summed E-state index contributed by atoms with van der Waals surface area (Å²) in [5.41, 5.74) is 5.31. The first kappa shape index (κ1) is 31.5. The van der Waals surface area contributed by atoms with Gasteiger partial charge in [0.05, 0.1) is 17.7 Å². The summed E-state index contributed by atoms with van der Waals surface area (Å²) < 4.78 is 11.6. The van der Waals surface area contributed by atoms with Crippen molar-refractivity contribution in [1.29, 1.82) is 0 Å². The van der Waals surface area contributed by atoms with Gasteiger partial charge >= 0.3 is 12.1 Å². The molecule has 2 aliphatic rings. The fraction of sp³-hybridized carbons (Fsp3) is 0.846. The molecule has 2 saturated heterocycles. The molecule has 12 nitrogen and oxygen atoms in total. The van der Waals surface area contributed by atoms with Gasteiger partial charge < -0.3 is 24.6 Å². The first-order chi connectivity index (χ1) is 17.6. The third-order valence-electron chi connectivity index (χ3n) is 8.17. The number of hydrogen-bond acceptors (Lipinski definition) is 9. The number of cyclic esters (lactones) is 1. The molecule has 0 aromatic heterocycles. The molecule has 0 saturated carbocycles. The summed E-state index contributed by atoms with van der Waals surface area (Å²) in [6.07, 6.45) is -2.01. The van der Waals surface area contributed by atoms with Gasteiger partial charge in [-0.3, -0.25) is 14.4 Å². The number of nitrogens with zero attached hydrogens (tertiary/aromatic N) is 4. The van der Waals surface area contributed by atoms with E-state index in [1.54, 1.807) is 27.7 Å². The second-order valence-corrected chi connectivity index (χ2v) is 11.2. The first-order valence-electron chi connectivity index (χ1n) is 13.3. The molecule has 0 unspecified atom stereocenters. The summed E-state index contributed by atoms with van der Waals surface area (Å²) >= 11 is 0. The maximum absolute atomic E-state index is 13.7. The molecule has 0 radical (unpaired) electrons. The SMILES string of the molecule is CC[C@H]1OC(=O)[C@H](C)C(=O)[C@H](C)[C@@H](O)[C@@](C)(O)C[C@@H](C)C(=O)[C@H](C)[C@H]2N(CCCCN=[N+]=[N-])C(=O)O[C@]12C. The van der Waals surface area contributed by atoms with Gasteiger partial charge in [0.2, 0.25) is 0 Å². The minimum atomic E-state index is -1.80. The van der Waals surface area contributed by atoms with Gasteiger partial charge in [-0.1, -0.05) is 32.8 Å². The number of unbranched alkanes of at least 4 members (excludes halogenated alkanes) is 1. The van der Waals surface area contributed by atoms with E-state index in [1.165, 1.54) is 25.7 Å². The van der Waals surface area contributed by atoms with Crippen LogP contribution in [0, 0.1) is 23.7 Å². The monoisotopic (exact) mass is 538 g/mol. The Hall–Kier alpha value is -2.69. The number of azide groups is 1. The highest BCUT2D eigenvalue weighted by Gasteiger charge is 2.59. The van der Waals surface area contributed by atoms with Crippen molar-refractivity contribution in [2.45, 2.75) is 104 Å². The van der Waals surface area contributed by atoms with Crippen molar-refractivity contribution >= 4 is 23.6 Å². The van der Waals surface area contributed by atoms with Gasteiger partial charge in [0, 0.05) is 35.8 Å². The van der Waals surface area contributed by atoms with Crippen LogP contribution >= 0.6 is 0 Å². The first-order valence-corrected chi connectivity index (χ1v) is 13.3. The van der Waals surface area contributed by atoms with Gasteiger partial charge in [0.15, 0.2) is 11.4 Å². The molecule has 214 valence electrons. The maximum atomic E-state index is 13.7. The molecule has 2 N–H and O–H groups in total. The molecule has 2 rings (SSSR count). The molecule has 0 aromatic rings. The summed E-state index contributed by atoms with van der Waals surface area (Å²) in [5, 5.41) is 25.4. The van der Waals surface area contributed by atoms with E-state index >= 15 is 0 Å².